The molecule has 3 rings (SSSR count). The number of nitrogens with zero attached hydrogens (tertiary/aromatic N) is 4. The summed E-state index contributed by atoms with van der Waals surface area (Å²) in [7, 11) is 0. The molecule has 1 heterocycles. The van der Waals surface area contributed by atoms with Crippen molar-refractivity contribution in [3.8, 4) is 23.8 Å². The van der Waals surface area contributed by atoms with Gasteiger partial charge in [0.05, 0.1) is 28.8 Å². The van der Waals surface area contributed by atoms with E-state index in [9.17, 15) is 4.79 Å². The van der Waals surface area contributed by atoms with Crippen molar-refractivity contribution in [3.63, 3.8) is 0 Å². The van der Waals surface area contributed by atoms with Crippen LogP contribution >= 0.6 is 0 Å². The zero-order valence-corrected chi connectivity index (χ0v) is 16.9. The first-order valence-corrected chi connectivity index (χ1v) is 9.20. The molecule has 0 atom stereocenters. The number of aromatic nitrogens is 2. The van der Waals surface area contributed by atoms with Crippen molar-refractivity contribution in [3.05, 3.63) is 76.5 Å². The lowest BCUT2D eigenvalue weighted by atomic mass is 10.1. The summed E-state index contributed by atoms with van der Waals surface area (Å²) in [6.45, 7) is 3.67. The van der Waals surface area contributed by atoms with Crippen molar-refractivity contribution < 1.29 is 9.53 Å². The second-order valence-electron chi connectivity index (χ2n) is 6.66. The highest BCUT2D eigenvalue weighted by Gasteiger charge is 2.13. The van der Waals surface area contributed by atoms with E-state index in [1.807, 2.05) is 13.8 Å². The smallest absolute Gasteiger partial charge is 0.241 e. The Kier molecular flexibility index (Phi) is 6.24. The number of anilines is 2. The molecule has 0 saturated carbocycles. The minimum atomic E-state index is -0.614. The summed E-state index contributed by atoms with van der Waals surface area (Å²) in [6, 6.07) is 14.4. The molecule has 3 aromatic rings. The number of hydrogen-bond donors (Lipinski definition) is 2. The van der Waals surface area contributed by atoms with Crippen LogP contribution in [-0.2, 0) is 4.79 Å². The van der Waals surface area contributed by atoms with E-state index in [1.54, 1.807) is 36.4 Å². The quantitative estimate of drug-likeness (QED) is 0.588. The van der Waals surface area contributed by atoms with Crippen molar-refractivity contribution in [1.29, 1.82) is 10.5 Å². The van der Waals surface area contributed by atoms with Gasteiger partial charge in [0.2, 0.25) is 17.7 Å². The van der Waals surface area contributed by atoms with Crippen molar-refractivity contribution in [2.24, 2.45) is 5.73 Å². The van der Waals surface area contributed by atoms with E-state index < -0.39 is 5.91 Å². The summed E-state index contributed by atoms with van der Waals surface area (Å²) in [5.41, 5.74) is 8.94. The lowest BCUT2D eigenvalue weighted by Crippen LogP contribution is -2.06. The number of ether oxygens (including phenoxy) is 1. The molecule has 152 valence electrons. The predicted molar refractivity (Wildman–Crippen MR) is 115 cm³/mol. The molecule has 1 amide bonds. The van der Waals surface area contributed by atoms with E-state index in [0.29, 0.717) is 28.1 Å². The molecule has 0 fully saturated rings. The van der Waals surface area contributed by atoms with Gasteiger partial charge in [0.15, 0.2) is 0 Å². The van der Waals surface area contributed by atoms with Gasteiger partial charge in [0, 0.05) is 18.0 Å². The molecule has 8 nitrogen and oxygen atoms in total. The normalized spacial score (nSPS) is 10.3. The van der Waals surface area contributed by atoms with Crippen LogP contribution in [0.4, 0.5) is 11.6 Å². The number of amides is 1. The number of benzene rings is 2. The van der Waals surface area contributed by atoms with Crippen molar-refractivity contribution in [1.82, 2.24) is 9.97 Å². The van der Waals surface area contributed by atoms with E-state index in [4.69, 9.17) is 21.0 Å². The van der Waals surface area contributed by atoms with Gasteiger partial charge in [-0.2, -0.15) is 15.5 Å². The lowest BCUT2D eigenvalue weighted by Gasteiger charge is -2.14. The molecular weight excluding hydrogens is 392 g/mol. The zero-order chi connectivity index (χ0) is 22.4. The van der Waals surface area contributed by atoms with Crippen molar-refractivity contribution in [2.45, 2.75) is 13.8 Å². The molecule has 0 aliphatic heterocycles. The molecule has 0 unspecified atom stereocenters. The third kappa shape index (κ3) is 5.22. The minimum absolute atomic E-state index is 0.208. The summed E-state index contributed by atoms with van der Waals surface area (Å²) in [6.07, 6.45) is 4.16. The molecule has 1 aromatic heterocycles. The standard InChI is InChI=1S/C23H18N6O2/c1-14-9-17(12-25)10-15(2)21(14)31-22-18(5-8-20(26)30)13-27-23(29-22)28-19-6-3-16(11-24)4-7-19/h3-10,13H,1-2H3,(H2,26,30)(H,27,28,29)/b8-5+. The molecule has 3 N–H and O–H groups in total. The second-order valence-corrected chi connectivity index (χ2v) is 6.66. The molecule has 0 saturated heterocycles. The Balaban J connectivity index is 1.99. The fourth-order valence-corrected chi connectivity index (χ4v) is 2.83. The number of primary amides is 1. The van der Waals surface area contributed by atoms with E-state index >= 15 is 0 Å². The van der Waals surface area contributed by atoms with Crippen LogP contribution < -0.4 is 15.8 Å². The van der Waals surface area contributed by atoms with Crippen molar-refractivity contribution in [2.75, 3.05) is 5.32 Å². The summed E-state index contributed by atoms with van der Waals surface area (Å²) in [5.74, 6) is 0.409. The topological polar surface area (TPSA) is 138 Å². The van der Waals surface area contributed by atoms with Crippen LogP contribution in [0.25, 0.3) is 6.08 Å². The Bertz CT molecular complexity index is 1230. The number of carbonyl (C=O) groups excluding carboxylic acids is 1. The van der Waals surface area contributed by atoms with Crippen molar-refractivity contribution >= 4 is 23.6 Å². The molecule has 0 aliphatic rings. The van der Waals surface area contributed by atoms with Crippen LogP contribution in [0.15, 0.2) is 48.7 Å². The Morgan fingerprint density at radius 1 is 1.10 bits per heavy atom. The highest BCUT2D eigenvalue weighted by molar-refractivity contribution is 5.90. The number of aryl methyl sites for hydroxylation is 2. The van der Waals surface area contributed by atoms with Crippen LogP contribution in [0.3, 0.4) is 0 Å². The van der Waals surface area contributed by atoms with Gasteiger partial charge in [0.25, 0.3) is 0 Å². The van der Waals surface area contributed by atoms with Crippen LogP contribution in [0.1, 0.15) is 27.8 Å². The zero-order valence-electron chi connectivity index (χ0n) is 16.9. The SMILES string of the molecule is Cc1cc(C#N)cc(C)c1Oc1nc(Nc2ccc(C#N)cc2)ncc1/C=C/C(N)=O. The Morgan fingerprint density at radius 2 is 1.74 bits per heavy atom. The van der Waals surface area contributed by atoms with Crippen LogP contribution in [0, 0.1) is 36.5 Å². The summed E-state index contributed by atoms with van der Waals surface area (Å²) in [5, 5.41) is 21.1. The first kappa shape index (κ1) is 21.0. The van der Waals surface area contributed by atoms with Gasteiger partial charge in [-0.25, -0.2) is 4.98 Å². The maximum atomic E-state index is 11.2. The van der Waals surface area contributed by atoms with Gasteiger partial charge in [-0.1, -0.05) is 0 Å². The Hall–Kier alpha value is -4.69. The van der Waals surface area contributed by atoms with Gasteiger partial charge in [0.1, 0.15) is 5.75 Å². The average Bonchev–Trinajstić information content (AvgIpc) is 2.75. The van der Waals surface area contributed by atoms with Gasteiger partial charge < -0.3 is 15.8 Å². The molecule has 2 aromatic carbocycles. The third-order valence-corrected chi connectivity index (χ3v) is 4.27. The van der Waals surface area contributed by atoms with Crippen LogP contribution in [-0.4, -0.2) is 15.9 Å². The van der Waals surface area contributed by atoms with Gasteiger partial charge >= 0.3 is 0 Å². The predicted octanol–water partition coefficient (Wildman–Crippen LogP) is 3.87. The number of nitrogens with one attached hydrogen (secondary N) is 1. The first-order chi connectivity index (χ1) is 14.9. The number of rotatable bonds is 6. The lowest BCUT2D eigenvalue weighted by molar-refractivity contribution is -0.113. The fourth-order valence-electron chi connectivity index (χ4n) is 2.83. The fraction of sp³-hybridized carbons (Fsp3) is 0.0870. The maximum absolute atomic E-state index is 11.2. The summed E-state index contributed by atoms with van der Waals surface area (Å²) in [4.78, 5) is 19.9. The van der Waals surface area contributed by atoms with E-state index in [-0.39, 0.29) is 11.8 Å². The van der Waals surface area contributed by atoms with Crippen LogP contribution in [0.2, 0.25) is 0 Å². The molecule has 8 heteroatoms. The van der Waals surface area contributed by atoms with E-state index in [0.717, 1.165) is 11.1 Å². The third-order valence-electron chi connectivity index (χ3n) is 4.27. The molecular formula is C23H18N6O2. The summed E-state index contributed by atoms with van der Waals surface area (Å²) < 4.78 is 6.07. The minimum Gasteiger partial charge on any atom is -0.438 e. The second kappa shape index (κ2) is 9.21. The highest BCUT2D eigenvalue weighted by Crippen LogP contribution is 2.32. The maximum Gasteiger partial charge on any atom is 0.241 e. The Labute approximate surface area is 179 Å². The number of hydrogen-bond acceptors (Lipinski definition) is 7. The van der Waals surface area contributed by atoms with Gasteiger partial charge in [-0.3, -0.25) is 4.79 Å². The van der Waals surface area contributed by atoms with E-state index in [2.05, 4.69) is 27.4 Å². The molecule has 0 bridgehead atoms. The highest BCUT2D eigenvalue weighted by atomic mass is 16.5. The van der Waals surface area contributed by atoms with Gasteiger partial charge in [-0.15, -0.1) is 0 Å². The number of nitriles is 2. The van der Waals surface area contributed by atoms with Gasteiger partial charge in [-0.05, 0) is 67.4 Å². The molecule has 0 radical (unpaired) electrons. The molecule has 31 heavy (non-hydrogen) atoms. The Morgan fingerprint density at radius 3 is 2.32 bits per heavy atom. The number of nitrogens with two attached hydrogens (primary N) is 1. The molecule has 0 spiro atoms. The first-order valence-electron chi connectivity index (χ1n) is 9.20. The molecule has 0 aliphatic carbocycles. The number of carbonyl (C=O) groups is 1. The monoisotopic (exact) mass is 410 g/mol. The largest absolute Gasteiger partial charge is 0.438 e. The van der Waals surface area contributed by atoms with Crippen LogP contribution in [0.5, 0.6) is 11.6 Å². The van der Waals surface area contributed by atoms with E-state index in [1.165, 1.54) is 18.3 Å². The summed E-state index contributed by atoms with van der Waals surface area (Å²) >= 11 is 0. The average molecular weight is 410 g/mol.